The second-order valence-corrected chi connectivity index (χ2v) is 14.4. The molecule has 3 rings (SSSR count). The van der Waals surface area contributed by atoms with Crippen LogP contribution in [0, 0.1) is 35.5 Å². The lowest BCUT2D eigenvalue weighted by atomic mass is 9.75. The van der Waals surface area contributed by atoms with Crippen LogP contribution in [-0.2, 0) is 13.6 Å². The van der Waals surface area contributed by atoms with Crippen molar-refractivity contribution < 1.29 is 18.7 Å². The highest BCUT2D eigenvalue weighted by Gasteiger charge is 2.46. The van der Waals surface area contributed by atoms with Gasteiger partial charge in [0.25, 0.3) is 0 Å². The Labute approximate surface area is 216 Å². The maximum atomic E-state index is 14.7. The molecule has 7 heteroatoms. The minimum absolute atomic E-state index is 0.228. The molecule has 2 saturated carbocycles. The van der Waals surface area contributed by atoms with E-state index in [1.807, 2.05) is 0 Å². The van der Waals surface area contributed by atoms with E-state index in [0.29, 0.717) is 34.3 Å². The Kier molecular flexibility index (Phi) is 10.0. The Bertz CT molecular complexity index is 823. The molecule has 2 aliphatic rings. The van der Waals surface area contributed by atoms with Gasteiger partial charge >= 0.3 is 7.60 Å². The molecular weight excluding hydrogens is 490 g/mol. The first kappa shape index (κ1) is 28.5. The largest absolute Gasteiger partial charge is 0.376 e. The summed E-state index contributed by atoms with van der Waals surface area (Å²) in [5, 5.41) is 12.2. The van der Waals surface area contributed by atoms with Crippen molar-refractivity contribution in [1.29, 1.82) is 0 Å². The van der Waals surface area contributed by atoms with E-state index in [4.69, 9.17) is 32.2 Å². The van der Waals surface area contributed by atoms with Gasteiger partial charge < -0.3 is 14.2 Å². The molecule has 1 N–H and O–H groups in total. The molecule has 1 aromatic rings. The summed E-state index contributed by atoms with van der Waals surface area (Å²) in [6.45, 7) is 13.2. The summed E-state index contributed by atoms with van der Waals surface area (Å²) in [5.74, 6) is 0.804. The summed E-state index contributed by atoms with van der Waals surface area (Å²) in [4.78, 5) is 0. The second-order valence-electron chi connectivity index (χ2n) is 11.5. The Morgan fingerprint density at radius 1 is 0.882 bits per heavy atom. The maximum Gasteiger partial charge on any atom is 0.364 e. The van der Waals surface area contributed by atoms with Crippen molar-refractivity contribution in [3.05, 3.63) is 33.8 Å². The normalized spacial score (nSPS) is 33.1. The van der Waals surface area contributed by atoms with Crippen LogP contribution < -0.4 is 0 Å². The van der Waals surface area contributed by atoms with Crippen molar-refractivity contribution in [2.24, 2.45) is 35.5 Å². The molecule has 0 aromatic heterocycles. The number of benzene rings is 1. The standard InChI is InChI=1S/C27H43Cl2O4P/c1-16(2)21-10-7-18(5)13-25(21)32-34(31,27(30)23-12-9-20(28)15-24(23)29)33-26-14-19(6)8-11-22(26)17(3)4/h9,12,15-19,21-22,25-27,30H,7-8,10-11,13-14H2,1-6H3. The summed E-state index contributed by atoms with van der Waals surface area (Å²) in [6, 6.07) is 4.84. The number of halogens is 2. The van der Waals surface area contributed by atoms with Crippen LogP contribution in [0.2, 0.25) is 10.0 Å². The van der Waals surface area contributed by atoms with Gasteiger partial charge in [0.05, 0.1) is 12.2 Å². The molecule has 4 nitrogen and oxygen atoms in total. The zero-order chi connectivity index (χ0) is 25.2. The molecule has 7 atom stereocenters. The summed E-state index contributed by atoms with van der Waals surface area (Å²) in [6.07, 6.45) is 5.48. The zero-order valence-electron chi connectivity index (χ0n) is 21.5. The SMILES string of the molecule is CC1CCC(C(C)C)C(OP(=O)(OC2CC(C)CCC2C(C)C)C(O)c2ccc(Cl)cc2Cl)C1. The molecule has 2 aliphatic carbocycles. The highest BCUT2D eigenvalue weighted by atomic mass is 35.5. The number of hydrogen-bond donors (Lipinski definition) is 1. The second kappa shape index (κ2) is 12.0. The van der Waals surface area contributed by atoms with Crippen molar-refractivity contribution in [3.8, 4) is 0 Å². The van der Waals surface area contributed by atoms with Crippen LogP contribution in [0.25, 0.3) is 0 Å². The quantitative estimate of drug-likeness (QED) is 0.339. The summed E-state index contributed by atoms with van der Waals surface area (Å²) >= 11 is 12.5. The van der Waals surface area contributed by atoms with E-state index in [1.165, 1.54) is 0 Å². The lowest BCUT2D eigenvalue weighted by molar-refractivity contribution is -0.0153. The third-order valence-corrected chi connectivity index (χ3v) is 10.6. The topological polar surface area (TPSA) is 55.8 Å². The lowest BCUT2D eigenvalue weighted by Gasteiger charge is -2.42. The lowest BCUT2D eigenvalue weighted by Crippen LogP contribution is -2.37. The summed E-state index contributed by atoms with van der Waals surface area (Å²) < 4.78 is 27.6. The molecule has 0 aliphatic heterocycles. The van der Waals surface area contributed by atoms with E-state index in [2.05, 4.69) is 41.5 Å². The zero-order valence-corrected chi connectivity index (χ0v) is 24.0. The van der Waals surface area contributed by atoms with Crippen LogP contribution in [-0.4, -0.2) is 17.3 Å². The molecule has 0 bridgehead atoms. The van der Waals surface area contributed by atoms with Gasteiger partial charge in [-0.3, -0.25) is 4.57 Å². The predicted molar refractivity (Wildman–Crippen MR) is 141 cm³/mol. The number of hydrogen-bond acceptors (Lipinski definition) is 4. The highest BCUT2D eigenvalue weighted by molar-refractivity contribution is 7.54. The van der Waals surface area contributed by atoms with Crippen LogP contribution in [0.1, 0.15) is 91.5 Å². The summed E-state index contributed by atoms with van der Waals surface area (Å²) in [5.41, 5.74) is 0.337. The Morgan fingerprint density at radius 2 is 1.35 bits per heavy atom. The number of rotatable bonds is 8. The molecule has 0 saturated heterocycles. The molecule has 194 valence electrons. The van der Waals surface area contributed by atoms with E-state index in [1.54, 1.807) is 18.2 Å². The van der Waals surface area contributed by atoms with Gasteiger partial charge in [0.1, 0.15) is 0 Å². The van der Waals surface area contributed by atoms with Gasteiger partial charge in [-0.25, -0.2) is 0 Å². The Hall–Kier alpha value is -0.0900. The third kappa shape index (κ3) is 6.81. The minimum atomic E-state index is -3.99. The highest BCUT2D eigenvalue weighted by Crippen LogP contribution is 2.65. The van der Waals surface area contributed by atoms with Crippen molar-refractivity contribution in [2.75, 3.05) is 0 Å². The first-order valence-electron chi connectivity index (χ1n) is 13.0. The minimum Gasteiger partial charge on any atom is -0.376 e. The van der Waals surface area contributed by atoms with Gasteiger partial charge in [-0.1, -0.05) is 83.7 Å². The van der Waals surface area contributed by atoms with Gasteiger partial charge in [-0.15, -0.1) is 0 Å². The molecule has 2 fully saturated rings. The fraction of sp³-hybridized carbons (Fsp3) is 0.778. The van der Waals surface area contributed by atoms with E-state index in [0.717, 1.165) is 38.5 Å². The van der Waals surface area contributed by atoms with Gasteiger partial charge in [0.2, 0.25) is 0 Å². The monoisotopic (exact) mass is 532 g/mol. The van der Waals surface area contributed by atoms with Crippen LogP contribution in [0.3, 0.4) is 0 Å². The Morgan fingerprint density at radius 3 is 1.76 bits per heavy atom. The van der Waals surface area contributed by atoms with Gasteiger partial charge in [0, 0.05) is 15.6 Å². The molecule has 34 heavy (non-hydrogen) atoms. The van der Waals surface area contributed by atoms with Crippen LogP contribution in [0.4, 0.5) is 0 Å². The first-order valence-corrected chi connectivity index (χ1v) is 15.4. The molecule has 0 heterocycles. The van der Waals surface area contributed by atoms with Crippen LogP contribution in [0.5, 0.6) is 0 Å². The first-order chi connectivity index (χ1) is 15.9. The molecule has 0 radical (unpaired) electrons. The van der Waals surface area contributed by atoms with Crippen molar-refractivity contribution >= 4 is 30.8 Å². The van der Waals surface area contributed by atoms with Gasteiger partial charge in [0.15, 0.2) is 5.85 Å². The van der Waals surface area contributed by atoms with E-state index < -0.39 is 13.4 Å². The average Bonchev–Trinajstić information content (AvgIpc) is 2.73. The average molecular weight is 534 g/mol. The summed E-state index contributed by atoms with van der Waals surface area (Å²) in [7, 11) is -3.99. The predicted octanol–water partition coefficient (Wildman–Crippen LogP) is 9.13. The van der Waals surface area contributed by atoms with Crippen LogP contribution in [0.15, 0.2) is 18.2 Å². The molecule has 1 aromatic carbocycles. The van der Waals surface area contributed by atoms with E-state index in [9.17, 15) is 9.67 Å². The van der Waals surface area contributed by atoms with E-state index in [-0.39, 0.29) is 29.1 Å². The van der Waals surface area contributed by atoms with Gasteiger partial charge in [-0.2, -0.15) is 0 Å². The Balaban J connectivity index is 1.98. The van der Waals surface area contributed by atoms with Crippen molar-refractivity contribution in [3.63, 3.8) is 0 Å². The fourth-order valence-electron chi connectivity index (χ4n) is 5.87. The smallest absolute Gasteiger partial charge is 0.364 e. The van der Waals surface area contributed by atoms with Crippen molar-refractivity contribution in [2.45, 2.75) is 98.1 Å². The van der Waals surface area contributed by atoms with Gasteiger partial charge in [-0.05, 0) is 73.3 Å². The number of aliphatic hydroxyl groups excluding tert-OH is 1. The fourth-order valence-corrected chi connectivity index (χ4v) is 8.54. The third-order valence-electron chi connectivity index (χ3n) is 8.03. The van der Waals surface area contributed by atoms with E-state index >= 15 is 0 Å². The maximum absolute atomic E-state index is 14.7. The van der Waals surface area contributed by atoms with Crippen LogP contribution >= 0.6 is 30.8 Å². The van der Waals surface area contributed by atoms with Crippen molar-refractivity contribution in [1.82, 2.24) is 0 Å². The number of aliphatic hydroxyl groups is 1. The molecule has 7 unspecified atom stereocenters. The molecule has 0 spiro atoms. The molecular formula is C27H43Cl2O4P. The molecule has 0 amide bonds.